The molecule has 32 heavy (non-hydrogen) atoms. The third kappa shape index (κ3) is 3.79. The highest BCUT2D eigenvalue weighted by atomic mass is 19.4. The number of fused-ring (bicyclic) bond motifs is 2. The molecule has 1 aliphatic heterocycles. The molecule has 3 aromatic rings. The first-order valence-corrected chi connectivity index (χ1v) is 10.3. The molecule has 4 heterocycles. The van der Waals surface area contributed by atoms with Gasteiger partial charge in [0.05, 0.1) is 22.9 Å². The molecule has 0 radical (unpaired) electrons. The highest BCUT2D eigenvalue weighted by Crippen LogP contribution is 2.41. The zero-order valence-electron chi connectivity index (χ0n) is 16.9. The van der Waals surface area contributed by atoms with Crippen molar-refractivity contribution >= 4 is 5.91 Å². The van der Waals surface area contributed by atoms with Crippen LogP contribution in [0, 0.1) is 5.92 Å². The van der Waals surface area contributed by atoms with Gasteiger partial charge in [0.1, 0.15) is 11.8 Å². The Morgan fingerprint density at radius 3 is 2.53 bits per heavy atom. The van der Waals surface area contributed by atoms with Gasteiger partial charge in [-0.1, -0.05) is 6.07 Å². The number of carbonyl (C=O) groups is 1. The number of ether oxygens (including phenoxy) is 1. The fraction of sp³-hybridized carbons (Fsp3) is 0.304. The molecule has 164 valence electrons. The number of carbonyl (C=O) groups excluding carboxylic acids is 1. The second kappa shape index (κ2) is 7.89. The molecule has 3 aromatic heterocycles. The molecule has 3 atom stereocenters. The smallest absolute Gasteiger partial charge is 0.417 e. The molecule has 1 saturated heterocycles. The second-order valence-electron chi connectivity index (χ2n) is 8.02. The number of aromatic nitrogens is 3. The van der Waals surface area contributed by atoms with Gasteiger partial charge in [0.2, 0.25) is 5.88 Å². The van der Waals surface area contributed by atoms with E-state index in [1.807, 2.05) is 6.07 Å². The third-order valence-corrected chi connectivity index (χ3v) is 5.97. The van der Waals surface area contributed by atoms with E-state index in [0.29, 0.717) is 23.5 Å². The molecule has 0 spiro atoms. The predicted octanol–water partition coefficient (Wildman–Crippen LogP) is 4.24. The summed E-state index contributed by atoms with van der Waals surface area (Å²) in [7, 11) is 0. The summed E-state index contributed by atoms with van der Waals surface area (Å²) in [5, 5.41) is 0. The van der Waals surface area contributed by atoms with Crippen molar-refractivity contribution in [1.82, 2.24) is 19.9 Å². The summed E-state index contributed by atoms with van der Waals surface area (Å²) >= 11 is 0. The molecular formula is C23H19F3N4O2. The van der Waals surface area contributed by atoms with Crippen molar-refractivity contribution in [1.29, 1.82) is 0 Å². The first kappa shape index (κ1) is 20.4. The van der Waals surface area contributed by atoms with Crippen LogP contribution in [0.3, 0.4) is 0 Å². The van der Waals surface area contributed by atoms with E-state index >= 15 is 0 Å². The number of halogens is 3. The Kier molecular flexibility index (Phi) is 5.03. The Morgan fingerprint density at radius 1 is 1.00 bits per heavy atom. The van der Waals surface area contributed by atoms with E-state index in [4.69, 9.17) is 4.74 Å². The van der Waals surface area contributed by atoms with E-state index in [1.54, 1.807) is 41.6 Å². The van der Waals surface area contributed by atoms with Gasteiger partial charge in [0.25, 0.3) is 5.91 Å². The van der Waals surface area contributed by atoms with Crippen molar-refractivity contribution in [3.63, 3.8) is 0 Å². The van der Waals surface area contributed by atoms with Crippen LogP contribution in [0.2, 0.25) is 0 Å². The van der Waals surface area contributed by atoms with Crippen LogP contribution >= 0.6 is 0 Å². The predicted molar refractivity (Wildman–Crippen MR) is 109 cm³/mol. The lowest BCUT2D eigenvalue weighted by Gasteiger charge is -2.33. The molecule has 6 nitrogen and oxygen atoms in total. The lowest BCUT2D eigenvalue weighted by Crippen LogP contribution is -2.47. The van der Waals surface area contributed by atoms with Crippen LogP contribution in [0.25, 0.3) is 11.4 Å². The molecule has 0 aromatic carbocycles. The highest BCUT2D eigenvalue weighted by Gasteiger charge is 2.48. The van der Waals surface area contributed by atoms with Gasteiger partial charge >= 0.3 is 6.18 Å². The zero-order chi connectivity index (χ0) is 22.3. The lowest BCUT2D eigenvalue weighted by molar-refractivity contribution is -0.137. The average molecular weight is 440 g/mol. The highest BCUT2D eigenvalue weighted by molar-refractivity contribution is 6.00. The van der Waals surface area contributed by atoms with Crippen molar-refractivity contribution in [2.24, 2.45) is 5.92 Å². The number of rotatable bonds is 4. The first-order valence-electron chi connectivity index (χ1n) is 10.3. The van der Waals surface area contributed by atoms with Crippen LogP contribution in [-0.2, 0) is 6.18 Å². The summed E-state index contributed by atoms with van der Waals surface area (Å²) in [6.45, 7) is 0.611. The number of amides is 1. The Morgan fingerprint density at radius 2 is 1.84 bits per heavy atom. The van der Waals surface area contributed by atoms with Crippen molar-refractivity contribution in [2.75, 3.05) is 6.54 Å². The van der Waals surface area contributed by atoms with Crippen molar-refractivity contribution in [3.05, 3.63) is 72.2 Å². The summed E-state index contributed by atoms with van der Waals surface area (Å²) in [6.07, 6.45) is 0.789. The van der Waals surface area contributed by atoms with E-state index in [2.05, 4.69) is 15.0 Å². The van der Waals surface area contributed by atoms with Gasteiger partial charge in [0, 0.05) is 31.2 Å². The Balaban J connectivity index is 1.35. The summed E-state index contributed by atoms with van der Waals surface area (Å²) in [5.74, 6) is 0.247. The molecule has 2 aliphatic rings. The van der Waals surface area contributed by atoms with Crippen LogP contribution in [-0.4, -0.2) is 44.4 Å². The molecule has 2 fully saturated rings. The Bertz CT molecular complexity index is 1120. The average Bonchev–Trinajstić information content (AvgIpc) is 3.40. The molecule has 3 unspecified atom stereocenters. The van der Waals surface area contributed by atoms with Crippen LogP contribution < -0.4 is 4.74 Å². The minimum Gasteiger partial charge on any atom is -0.472 e. The van der Waals surface area contributed by atoms with Crippen LogP contribution in [0.4, 0.5) is 13.2 Å². The second-order valence-corrected chi connectivity index (χ2v) is 8.02. The monoisotopic (exact) mass is 440 g/mol. The van der Waals surface area contributed by atoms with Gasteiger partial charge in [-0.2, -0.15) is 13.2 Å². The zero-order valence-corrected chi connectivity index (χ0v) is 16.9. The standard InChI is InChI=1S/C23H19F3N4O2/c24-23(25,26)15-6-7-20(29-12-15)32-19-11-14-10-18(19)30(13-14)22(31)16-4-3-9-28-21(16)17-5-1-2-8-27-17/h1-9,12,14,18-19H,10-11,13H2. The summed E-state index contributed by atoms with van der Waals surface area (Å²) in [6, 6.07) is 10.9. The maximum Gasteiger partial charge on any atom is 0.417 e. The number of nitrogens with zero attached hydrogens (tertiary/aromatic N) is 4. The molecule has 5 rings (SSSR count). The third-order valence-electron chi connectivity index (χ3n) is 5.97. The largest absolute Gasteiger partial charge is 0.472 e. The molecule has 1 saturated carbocycles. The van der Waals surface area contributed by atoms with Gasteiger partial charge < -0.3 is 9.64 Å². The van der Waals surface area contributed by atoms with Gasteiger partial charge in [-0.05, 0) is 49.1 Å². The van der Waals surface area contributed by atoms with Gasteiger partial charge in [-0.3, -0.25) is 14.8 Å². The SMILES string of the molecule is O=C(c1cccnc1-c1ccccn1)N1CC2CC(Oc3ccc(C(F)(F)F)cn3)C1C2. The van der Waals surface area contributed by atoms with E-state index in [1.165, 1.54) is 6.07 Å². The fourth-order valence-electron chi connectivity index (χ4n) is 4.54. The quantitative estimate of drug-likeness (QED) is 0.607. The molecular weight excluding hydrogens is 421 g/mol. The van der Waals surface area contributed by atoms with Crippen LogP contribution in [0.15, 0.2) is 61.1 Å². The summed E-state index contributed by atoms with van der Waals surface area (Å²) < 4.78 is 44.2. The number of hydrogen-bond donors (Lipinski definition) is 0. The van der Waals surface area contributed by atoms with Crippen molar-refractivity contribution < 1.29 is 22.7 Å². The fourth-order valence-corrected chi connectivity index (χ4v) is 4.54. The van der Waals surface area contributed by atoms with E-state index in [9.17, 15) is 18.0 Å². The lowest BCUT2D eigenvalue weighted by atomic mass is 10.0. The number of likely N-dealkylation sites (tertiary alicyclic amines) is 1. The van der Waals surface area contributed by atoms with E-state index in [-0.39, 0.29) is 29.9 Å². The normalized spacial score (nSPS) is 22.2. The van der Waals surface area contributed by atoms with Crippen LogP contribution in [0.5, 0.6) is 5.88 Å². The van der Waals surface area contributed by atoms with Crippen LogP contribution in [0.1, 0.15) is 28.8 Å². The van der Waals surface area contributed by atoms with Gasteiger partial charge in [0.15, 0.2) is 0 Å². The topological polar surface area (TPSA) is 68.2 Å². The van der Waals surface area contributed by atoms with Crippen molar-refractivity contribution in [3.8, 4) is 17.3 Å². The molecule has 1 amide bonds. The maximum atomic E-state index is 13.4. The number of alkyl halides is 3. The number of pyridine rings is 3. The number of piperidine rings is 1. The first-order chi connectivity index (χ1) is 15.4. The molecule has 0 N–H and O–H groups in total. The van der Waals surface area contributed by atoms with Gasteiger partial charge in [-0.25, -0.2) is 4.98 Å². The maximum absolute atomic E-state index is 13.4. The minimum absolute atomic E-state index is 0.124. The molecule has 2 bridgehead atoms. The summed E-state index contributed by atoms with van der Waals surface area (Å²) in [5.41, 5.74) is 0.767. The summed E-state index contributed by atoms with van der Waals surface area (Å²) in [4.78, 5) is 27.7. The number of hydrogen-bond acceptors (Lipinski definition) is 5. The minimum atomic E-state index is -4.45. The Labute approximate surface area is 182 Å². The Hall–Kier alpha value is -3.49. The van der Waals surface area contributed by atoms with Gasteiger partial charge in [-0.15, -0.1) is 0 Å². The molecule has 1 aliphatic carbocycles. The van der Waals surface area contributed by atoms with E-state index < -0.39 is 11.7 Å². The molecule has 9 heteroatoms. The van der Waals surface area contributed by atoms with Crippen molar-refractivity contribution in [2.45, 2.75) is 31.2 Å². The van der Waals surface area contributed by atoms with E-state index in [0.717, 1.165) is 25.1 Å².